The zero-order chi connectivity index (χ0) is 16.6. The van der Waals surface area contributed by atoms with Gasteiger partial charge in [0.15, 0.2) is 5.69 Å². The molecule has 0 fully saturated rings. The van der Waals surface area contributed by atoms with Gasteiger partial charge >= 0.3 is 5.69 Å². The van der Waals surface area contributed by atoms with Crippen LogP contribution in [0.25, 0.3) is 11.0 Å². The van der Waals surface area contributed by atoms with Gasteiger partial charge in [-0.05, 0) is 23.4 Å². The highest BCUT2D eigenvalue weighted by Crippen LogP contribution is 2.31. The van der Waals surface area contributed by atoms with Crippen molar-refractivity contribution < 1.29 is 9.85 Å². The van der Waals surface area contributed by atoms with E-state index in [1.807, 2.05) is 0 Å². The molecule has 0 saturated carbocycles. The van der Waals surface area contributed by atoms with Crippen LogP contribution in [0.5, 0.6) is 0 Å². The second-order valence-corrected chi connectivity index (χ2v) is 4.50. The Balaban J connectivity index is 2.13. The first kappa shape index (κ1) is 14.3. The summed E-state index contributed by atoms with van der Waals surface area (Å²) in [5.74, 6) is 5.91. The first-order valence-electron chi connectivity index (χ1n) is 6.27. The molecule has 0 radical (unpaired) electrons. The van der Waals surface area contributed by atoms with Gasteiger partial charge in [-0.1, -0.05) is 12.1 Å². The van der Waals surface area contributed by atoms with Crippen LogP contribution in [0.4, 0.5) is 17.1 Å². The molecule has 0 spiro atoms. The number of nitrogens with two attached hydrogens (primary N) is 1. The molecule has 116 valence electrons. The second-order valence-electron chi connectivity index (χ2n) is 4.50. The molecular formula is C12H9N7O4. The Bertz CT molecular complexity index is 923. The average molecular weight is 315 g/mol. The van der Waals surface area contributed by atoms with Crippen molar-refractivity contribution >= 4 is 28.1 Å². The molecule has 0 aliphatic heterocycles. The van der Waals surface area contributed by atoms with Crippen molar-refractivity contribution in [3.05, 3.63) is 62.7 Å². The second kappa shape index (κ2) is 5.31. The van der Waals surface area contributed by atoms with Crippen LogP contribution in [-0.4, -0.2) is 24.9 Å². The smallest absolute Gasteiger partial charge is 0.258 e. The largest absolute Gasteiger partial charge is 0.303 e. The van der Waals surface area contributed by atoms with E-state index in [0.29, 0.717) is 11.0 Å². The Morgan fingerprint density at radius 3 is 2.52 bits per heavy atom. The fourth-order valence-corrected chi connectivity index (χ4v) is 2.08. The summed E-state index contributed by atoms with van der Waals surface area (Å²) in [6, 6.07) is 10.0. The van der Waals surface area contributed by atoms with Crippen molar-refractivity contribution in [3.63, 3.8) is 0 Å². The molecule has 0 atom stereocenters. The Morgan fingerprint density at radius 1 is 1.09 bits per heavy atom. The molecule has 3 rings (SSSR count). The maximum atomic E-state index is 11.2. The summed E-state index contributed by atoms with van der Waals surface area (Å²) < 4.78 is 0. The number of benzene rings is 2. The van der Waals surface area contributed by atoms with Gasteiger partial charge in [-0.15, -0.1) is 9.89 Å². The molecule has 23 heavy (non-hydrogen) atoms. The first-order valence-corrected chi connectivity index (χ1v) is 6.27. The van der Waals surface area contributed by atoms with E-state index in [4.69, 9.17) is 5.84 Å². The molecule has 0 saturated heterocycles. The van der Waals surface area contributed by atoms with Crippen molar-refractivity contribution in [2.45, 2.75) is 0 Å². The minimum atomic E-state index is -0.749. The highest BCUT2D eigenvalue weighted by molar-refractivity contribution is 5.76. The lowest BCUT2D eigenvalue weighted by molar-refractivity contribution is -0.393. The molecule has 1 aromatic heterocycles. The molecule has 2 N–H and O–H groups in total. The van der Waals surface area contributed by atoms with Gasteiger partial charge in [0.1, 0.15) is 11.0 Å². The van der Waals surface area contributed by atoms with E-state index in [0.717, 1.165) is 17.3 Å². The molecule has 2 aromatic carbocycles. The van der Waals surface area contributed by atoms with Crippen molar-refractivity contribution in [1.29, 1.82) is 0 Å². The van der Waals surface area contributed by atoms with E-state index < -0.39 is 21.2 Å². The van der Waals surface area contributed by atoms with E-state index in [9.17, 15) is 20.2 Å². The van der Waals surface area contributed by atoms with Crippen LogP contribution in [0, 0.1) is 20.2 Å². The predicted molar refractivity (Wildman–Crippen MR) is 79.3 cm³/mol. The van der Waals surface area contributed by atoms with Crippen LogP contribution in [0.3, 0.4) is 0 Å². The molecule has 3 aromatic rings. The molecule has 11 nitrogen and oxygen atoms in total. The van der Waals surface area contributed by atoms with Crippen molar-refractivity contribution in [2.75, 3.05) is 5.12 Å². The Labute approximate surface area is 127 Å². The lowest BCUT2D eigenvalue weighted by Gasteiger charge is -2.17. The first-order chi connectivity index (χ1) is 11.0. The maximum absolute atomic E-state index is 11.2. The number of nitro benzene ring substituents is 2. The Kier molecular flexibility index (Phi) is 3.31. The molecule has 0 bridgehead atoms. The van der Waals surface area contributed by atoms with Gasteiger partial charge in [-0.25, -0.2) is 5.84 Å². The Morgan fingerprint density at radius 2 is 1.83 bits per heavy atom. The average Bonchev–Trinajstić information content (AvgIpc) is 2.97. The quantitative estimate of drug-likeness (QED) is 0.431. The van der Waals surface area contributed by atoms with Gasteiger partial charge in [0.05, 0.1) is 15.9 Å². The van der Waals surface area contributed by atoms with Crippen molar-refractivity contribution in [1.82, 2.24) is 15.1 Å². The van der Waals surface area contributed by atoms with Crippen LogP contribution in [-0.2, 0) is 0 Å². The van der Waals surface area contributed by atoms with Crippen molar-refractivity contribution in [2.24, 2.45) is 5.84 Å². The number of aromatic nitrogens is 3. The molecule has 0 aliphatic rings. The number of fused-ring (bicyclic) bond motifs is 1. The summed E-state index contributed by atoms with van der Waals surface area (Å²) in [6.07, 6.45) is 0. The van der Waals surface area contributed by atoms with E-state index >= 15 is 0 Å². The minimum absolute atomic E-state index is 0.0590. The molecular weight excluding hydrogens is 306 g/mol. The van der Waals surface area contributed by atoms with Crippen LogP contribution < -0.4 is 11.0 Å². The maximum Gasteiger partial charge on any atom is 0.303 e. The fraction of sp³-hybridized carbons (Fsp3) is 0. The lowest BCUT2D eigenvalue weighted by atomic mass is 10.2. The summed E-state index contributed by atoms with van der Waals surface area (Å²) in [7, 11) is 0. The number of non-ortho nitro benzene ring substituents is 1. The van der Waals surface area contributed by atoms with E-state index in [1.165, 1.54) is 10.9 Å². The van der Waals surface area contributed by atoms with Gasteiger partial charge in [0.2, 0.25) is 0 Å². The third-order valence-corrected chi connectivity index (χ3v) is 3.15. The molecule has 0 unspecified atom stereocenters. The van der Waals surface area contributed by atoms with Crippen molar-refractivity contribution in [3.8, 4) is 0 Å². The SMILES string of the molecule is NN(c1ccc([N+](=O)[O-])cc1[N+](=O)[O-])n1nnc2ccccc21. The topological polar surface area (TPSA) is 146 Å². The number of nitro groups is 2. The third-order valence-electron chi connectivity index (χ3n) is 3.15. The van der Waals surface area contributed by atoms with Gasteiger partial charge < -0.3 is 0 Å². The monoisotopic (exact) mass is 315 g/mol. The predicted octanol–water partition coefficient (Wildman–Crippen LogP) is 1.39. The van der Waals surface area contributed by atoms with Crippen LogP contribution in [0.2, 0.25) is 0 Å². The van der Waals surface area contributed by atoms with Gasteiger partial charge in [-0.2, -0.15) is 5.12 Å². The normalized spacial score (nSPS) is 10.7. The summed E-state index contributed by atoms with van der Waals surface area (Å²) >= 11 is 0. The number of hydrogen-bond acceptors (Lipinski definition) is 8. The Hall–Kier alpha value is -3.60. The molecule has 0 amide bonds. The number of rotatable bonds is 4. The minimum Gasteiger partial charge on any atom is -0.258 e. The van der Waals surface area contributed by atoms with Crippen LogP contribution in [0.15, 0.2) is 42.5 Å². The highest BCUT2D eigenvalue weighted by atomic mass is 16.6. The summed E-state index contributed by atoms with van der Waals surface area (Å²) in [5.41, 5.74) is 0.102. The van der Waals surface area contributed by atoms with E-state index in [2.05, 4.69) is 10.3 Å². The molecule has 0 aliphatic carbocycles. The molecule has 11 heteroatoms. The van der Waals surface area contributed by atoms with Crippen LogP contribution in [0.1, 0.15) is 0 Å². The fourth-order valence-electron chi connectivity index (χ4n) is 2.08. The van der Waals surface area contributed by atoms with E-state index in [1.54, 1.807) is 24.3 Å². The van der Waals surface area contributed by atoms with E-state index in [-0.39, 0.29) is 5.69 Å². The standard InChI is InChI=1S/C12H9N7O4/c13-16(17-10-4-2-1-3-9(10)14-15-17)11-6-5-8(18(20)21)7-12(11)19(22)23/h1-7H,13H2. The van der Waals surface area contributed by atoms with Crippen LogP contribution >= 0.6 is 0 Å². The lowest BCUT2D eigenvalue weighted by Crippen LogP contribution is -2.37. The van der Waals surface area contributed by atoms with Gasteiger partial charge in [0, 0.05) is 6.07 Å². The third kappa shape index (κ3) is 2.40. The summed E-state index contributed by atoms with van der Waals surface area (Å²) in [6.45, 7) is 0. The summed E-state index contributed by atoms with van der Waals surface area (Å²) in [5, 5.41) is 30.6. The molecule has 1 heterocycles. The zero-order valence-electron chi connectivity index (χ0n) is 11.4. The number of hydrogen-bond donors (Lipinski definition) is 1. The van der Waals surface area contributed by atoms with Gasteiger partial charge in [-0.3, -0.25) is 20.2 Å². The zero-order valence-corrected chi connectivity index (χ0v) is 11.4. The number of nitrogens with zero attached hydrogens (tertiary/aromatic N) is 6. The number of anilines is 1. The highest BCUT2D eigenvalue weighted by Gasteiger charge is 2.24. The van der Waals surface area contributed by atoms with Gasteiger partial charge in [0.25, 0.3) is 5.69 Å². The number of para-hydroxylation sites is 1. The number of hydrazine groups is 1. The summed E-state index contributed by atoms with van der Waals surface area (Å²) in [4.78, 5) is 21.7.